The van der Waals surface area contributed by atoms with Crippen LogP contribution < -0.4 is 5.32 Å². The number of thiophene rings is 1. The van der Waals surface area contributed by atoms with Crippen molar-refractivity contribution in [1.29, 1.82) is 0 Å². The van der Waals surface area contributed by atoms with E-state index in [1.165, 1.54) is 16.2 Å². The molecule has 0 bridgehead atoms. The first-order valence-electron chi connectivity index (χ1n) is 8.97. The second kappa shape index (κ2) is 8.08. The molecule has 1 aliphatic heterocycles. The molecule has 0 radical (unpaired) electrons. The highest BCUT2D eigenvalue weighted by Crippen LogP contribution is 2.33. The van der Waals surface area contributed by atoms with Gasteiger partial charge in [-0.05, 0) is 24.3 Å². The lowest BCUT2D eigenvalue weighted by molar-refractivity contribution is -0.153. The minimum absolute atomic E-state index is 0.349. The van der Waals surface area contributed by atoms with Gasteiger partial charge in [-0.2, -0.15) is 0 Å². The van der Waals surface area contributed by atoms with Crippen molar-refractivity contribution < 1.29 is 23.9 Å². The van der Waals surface area contributed by atoms with Gasteiger partial charge in [0.05, 0.1) is 6.54 Å². The number of nitrogens with one attached hydrogen (secondary N) is 1. The molecule has 1 saturated heterocycles. The minimum Gasteiger partial charge on any atom is -0.454 e. The Morgan fingerprint density at radius 3 is 2.70 bits per heavy atom. The number of urea groups is 1. The Morgan fingerprint density at radius 1 is 1.30 bits per heavy atom. The third kappa shape index (κ3) is 4.29. The number of rotatable bonds is 6. The molecule has 1 aliphatic carbocycles. The van der Waals surface area contributed by atoms with Crippen LogP contribution in [0.15, 0.2) is 17.5 Å². The van der Waals surface area contributed by atoms with E-state index in [0.29, 0.717) is 19.4 Å². The van der Waals surface area contributed by atoms with Gasteiger partial charge < -0.3 is 15.0 Å². The highest BCUT2D eigenvalue weighted by atomic mass is 32.1. The van der Waals surface area contributed by atoms with Gasteiger partial charge in [0.1, 0.15) is 12.1 Å². The summed E-state index contributed by atoms with van der Waals surface area (Å²) in [7, 11) is 1.63. The normalized spacial score (nSPS) is 18.5. The summed E-state index contributed by atoms with van der Waals surface area (Å²) in [4.78, 5) is 52.2. The summed E-state index contributed by atoms with van der Waals surface area (Å²) < 4.78 is 4.98. The fourth-order valence-corrected chi connectivity index (χ4v) is 4.22. The van der Waals surface area contributed by atoms with Gasteiger partial charge in [0, 0.05) is 11.9 Å². The summed E-state index contributed by atoms with van der Waals surface area (Å²) in [6, 6.07) is 3.24. The zero-order chi connectivity index (χ0) is 19.4. The summed E-state index contributed by atoms with van der Waals surface area (Å²) in [6.45, 7) is -0.465. The van der Waals surface area contributed by atoms with Crippen LogP contribution in [-0.2, 0) is 25.7 Å². The fraction of sp³-hybridized carbons (Fsp3) is 0.556. The van der Waals surface area contributed by atoms with Crippen molar-refractivity contribution in [3.63, 3.8) is 0 Å². The average Bonchev–Trinajstić information content (AvgIpc) is 3.23. The van der Waals surface area contributed by atoms with Crippen LogP contribution in [0.5, 0.6) is 0 Å². The molecule has 4 amide bonds. The molecule has 1 aromatic rings. The van der Waals surface area contributed by atoms with Crippen molar-refractivity contribution >= 4 is 35.2 Å². The first-order chi connectivity index (χ1) is 12.9. The van der Waals surface area contributed by atoms with E-state index in [2.05, 4.69) is 5.32 Å². The highest BCUT2D eigenvalue weighted by Gasteiger charge is 2.51. The standard InChI is InChI=1S/C18H23N3O5S/c1-20(10-13-6-5-9-27-13)14(22)12-26-15(23)11-21-16(24)18(19-17(21)25)7-3-2-4-8-18/h5-6,9H,2-4,7-8,10-12H2,1H3,(H,19,25). The molecule has 2 fully saturated rings. The maximum atomic E-state index is 12.6. The SMILES string of the molecule is CN(Cc1cccs1)C(=O)COC(=O)CN1C(=O)NC2(CCCCC2)C1=O. The van der Waals surface area contributed by atoms with E-state index in [9.17, 15) is 19.2 Å². The lowest BCUT2D eigenvalue weighted by atomic mass is 9.82. The molecule has 8 nitrogen and oxygen atoms in total. The molecule has 0 unspecified atom stereocenters. The molecule has 27 heavy (non-hydrogen) atoms. The Balaban J connectivity index is 1.48. The summed E-state index contributed by atoms with van der Waals surface area (Å²) in [6.07, 6.45) is 3.96. The molecule has 2 aliphatic rings. The van der Waals surface area contributed by atoms with Gasteiger partial charge >= 0.3 is 12.0 Å². The second-order valence-corrected chi connectivity index (χ2v) is 7.99. The summed E-state index contributed by atoms with van der Waals surface area (Å²) in [5, 5.41) is 4.66. The van der Waals surface area contributed by atoms with Crippen molar-refractivity contribution in [3.05, 3.63) is 22.4 Å². The van der Waals surface area contributed by atoms with E-state index < -0.39 is 30.7 Å². The van der Waals surface area contributed by atoms with Gasteiger partial charge in [-0.1, -0.05) is 25.3 Å². The average molecular weight is 393 g/mol. The molecule has 9 heteroatoms. The molecule has 2 heterocycles. The Labute approximate surface area is 161 Å². The highest BCUT2D eigenvalue weighted by molar-refractivity contribution is 7.09. The van der Waals surface area contributed by atoms with Crippen LogP contribution in [0.25, 0.3) is 0 Å². The van der Waals surface area contributed by atoms with E-state index in [1.54, 1.807) is 7.05 Å². The van der Waals surface area contributed by atoms with Crippen molar-refractivity contribution in [2.45, 2.75) is 44.2 Å². The number of carbonyl (C=O) groups excluding carboxylic acids is 4. The largest absolute Gasteiger partial charge is 0.454 e. The maximum absolute atomic E-state index is 12.6. The monoisotopic (exact) mass is 393 g/mol. The Morgan fingerprint density at radius 2 is 2.04 bits per heavy atom. The predicted octanol–water partition coefficient (Wildman–Crippen LogP) is 1.50. The third-order valence-electron chi connectivity index (χ3n) is 5.00. The van der Waals surface area contributed by atoms with Gasteiger partial charge in [0.15, 0.2) is 6.61 Å². The number of ether oxygens (including phenoxy) is 1. The third-order valence-corrected chi connectivity index (χ3v) is 5.86. The first kappa shape index (κ1) is 19.3. The quantitative estimate of drug-likeness (QED) is 0.584. The van der Waals surface area contributed by atoms with Crippen LogP contribution in [-0.4, -0.2) is 59.4 Å². The van der Waals surface area contributed by atoms with E-state index in [-0.39, 0.29) is 11.8 Å². The van der Waals surface area contributed by atoms with Crippen LogP contribution in [0.4, 0.5) is 4.79 Å². The van der Waals surface area contributed by atoms with Gasteiger partial charge in [-0.3, -0.25) is 19.3 Å². The maximum Gasteiger partial charge on any atom is 0.326 e. The summed E-state index contributed by atoms with van der Waals surface area (Å²) >= 11 is 1.54. The fourth-order valence-electron chi connectivity index (χ4n) is 3.47. The molecule has 146 valence electrons. The van der Waals surface area contributed by atoms with E-state index in [4.69, 9.17) is 4.74 Å². The van der Waals surface area contributed by atoms with Crippen LogP contribution in [0.2, 0.25) is 0 Å². The molecular formula is C18H23N3O5S. The number of carbonyl (C=O) groups is 4. The molecule has 1 saturated carbocycles. The lowest BCUT2D eigenvalue weighted by Crippen LogP contribution is -2.48. The molecule has 1 aromatic heterocycles. The molecule has 0 aromatic carbocycles. The van der Waals surface area contributed by atoms with Gasteiger partial charge in [0.25, 0.3) is 11.8 Å². The zero-order valence-corrected chi connectivity index (χ0v) is 16.0. The first-order valence-corrected chi connectivity index (χ1v) is 9.85. The zero-order valence-electron chi connectivity index (χ0n) is 15.2. The Bertz CT molecular complexity index is 727. The molecule has 3 rings (SSSR count). The van der Waals surface area contributed by atoms with Crippen LogP contribution in [0, 0.1) is 0 Å². The van der Waals surface area contributed by atoms with Crippen molar-refractivity contribution in [2.24, 2.45) is 0 Å². The van der Waals surface area contributed by atoms with Gasteiger partial charge in [-0.25, -0.2) is 4.79 Å². The number of hydrogen-bond donors (Lipinski definition) is 1. The number of amides is 4. The number of esters is 1. The number of imide groups is 1. The molecule has 1 spiro atoms. The Kier molecular flexibility index (Phi) is 5.79. The van der Waals surface area contributed by atoms with E-state index in [1.807, 2.05) is 17.5 Å². The van der Waals surface area contributed by atoms with Crippen LogP contribution in [0.3, 0.4) is 0 Å². The van der Waals surface area contributed by atoms with E-state index in [0.717, 1.165) is 29.0 Å². The van der Waals surface area contributed by atoms with Gasteiger partial charge in [0.2, 0.25) is 0 Å². The smallest absolute Gasteiger partial charge is 0.326 e. The van der Waals surface area contributed by atoms with Crippen LogP contribution >= 0.6 is 11.3 Å². The topological polar surface area (TPSA) is 96.0 Å². The number of hydrogen-bond acceptors (Lipinski definition) is 6. The minimum atomic E-state index is -0.869. The summed E-state index contributed by atoms with van der Waals surface area (Å²) in [5.74, 6) is -1.49. The second-order valence-electron chi connectivity index (χ2n) is 6.95. The van der Waals surface area contributed by atoms with Gasteiger partial charge in [-0.15, -0.1) is 11.3 Å². The van der Waals surface area contributed by atoms with Crippen molar-refractivity contribution in [1.82, 2.24) is 15.1 Å². The molecule has 0 atom stereocenters. The molecule has 1 N–H and O–H groups in total. The van der Waals surface area contributed by atoms with Crippen molar-refractivity contribution in [3.8, 4) is 0 Å². The summed E-state index contributed by atoms with van der Waals surface area (Å²) in [5.41, 5.74) is -0.869. The molecular weight excluding hydrogens is 370 g/mol. The lowest BCUT2D eigenvalue weighted by Gasteiger charge is -2.30. The number of nitrogens with zero attached hydrogens (tertiary/aromatic N) is 2. The van der Waals surface area contributed by atoms with E-state index >= 15 is 0 Å². The van der Waals surface area contributed by atoms with Crippen LogP contribution in [0.1, 0.15) is 37.0 Å². The van der Waals surface area contributed by atoms with Crippen molar-refractivity contribution in [2.75, 3.05) is 20.2 Å². The predicted molar refractivity (Wildman–Crippen MR) is 97.8 cm³/mol. The number of likely N-dealkylation sites (N-methyl/N-ethyl adjacent to an activating group) is 1. The Hall–Kier alpha value is -2.42.